The van der Waals surface area contributed by atoms with E-state index >= 15 is 0 Å². The summed E-state index contributed by atoms with van der Waals surface area (Å²) < 4.78 is 0. The molecule has 3 aromatic rings. The van der Waals surface area contributed by atoms with Crippen molar-refractivity contribution in [3.8, 4) is 11.1 Å². The molecule has 0 atom stereocenters. The Kier molecular flexibility index (Phi) is 5.23. The number of carboxylic acids is 1. The Morgan fingerprint density at radius 2 is 1.23 bits per heavy atom. The molecule has 30 heavy (non-hydrogen) atoms. The van der Waals surface area contributed by atoms with Crippen LogP contribution in [0.5, 0.6) is 0 Å². The normalized spacial score (nSPS) is 14.0. The van der Waals surface area contributed by atoms with Gasteiger partial charge in [0.15, 0.2) is 0 Å². The van der Waals surface area contributed by atoms with Crippen molar-refractivity contribution < 1.29 is 19.5 Å². The van der Waals surface area contributed by atoms with Crippen molar-refractivity contribution in [2.24, 2.45) is 0 Å². The fourth-order valence-electron chi connectivity index (χ4n) is 3.77. The summed E-state index contributed by atoms with van der Waals surface area (Å²) in [6.45, 7) is 3.77. The van der Waals surface area contributed by atoms with E-state index in [9.17, 15) is 14.4 Å². The lowest BCUT2D eigenvalue weighted by Gasteiger charge is -2.34. The molecule has 3 aromatic carbocycles. The zero-order valence-electron chi connectivity index (χ0n) is 16.7. The van der Waals surface area contributed by atoms with E-state index in [0.717, 1.165) is 21.9 Å². The molecule has 0 bridgehead atoms. The highest BCUT2D eigenvalue weighted by molar-refractivity contribution is 5.99. The van der Waals surface area contributed by atoms with E-state index in [4.69, 9.17) is 5.11 Å². The number of amides is 2. The van der Waals surface area contributed by atoms with Crippen molar-refractivity contribution in [3.05, 3.63) is 71.8 Å². The topological polar surface area (TPSA) is 77.9 Å². The van der Waals surface area contributed by atoms with Crippen LogP contribution in [0.15, 0.2) is 60.7 Å². The van der Waals surface area contributed by atoms with Crippen molar-refractivity contribution in [1.29, 1.82) is 0 Å². The summed E-state index contributed by atoms with van der Waals surface area (Å²) in [6, 6.07) is 18.4. The molecule has 1 aliphatic rings. The van der Waals surface area contributed by atoms with E-state index in [1.165, 1.54) is 0 Å². The van der Waals surface area contributed by atoms with Gasteiger partial charge in [0.1, 0.15) is 0 Å². The van der Waals surface area contributed by atoms with Crippen molar-refractivity contribution in [2.75, 3.05) is 26.2 Å². The summed E-state index contributed by atoms with van der Waals surface area (Å²) >= 11 is 0. The first-order chi connectivity index (χ1) is 14.4. The molecule has 0 radical (unpaired) electrons. The Morgan fingerprint density at radius 1 is 0.700 bits per heavy atom. The number of benzene rings is 3. The van der Waals surface area contributed by atoms with Gasteiger partial charge >= 0.3 is 5.97 Å². The molecule has 0 aliphatic carbocycles. The van der Waals surface area contributed by atoms with E-state index in [1.807, 2.05) is 36.4 Å². The Bertz CT molecular complexity index is 1130. The molecule has 1 fully saturated rings. The summed E-state index contributed by atoms with van der Waals surface area (Å²) in [5, 5.41) is 11.0. The molecule has 1 heterocycles. The number of hydrogen-bond acceptors (Lipinski definition) is 3. The maximum Gasteiger partial charge on any atom is 0.335 e. The van der Waals surface area contributed by atoms with Crippen molar-refractivity contribution in [2.45, 2.75) is 6.92 Å². The van der Waals surface area contributed by atoms with E-state index < -0.39 is 5.97 Å². The van der Waals surface area contributed by atoms with Gasteiger partial charge in [-0.05, 0) is 52.2 Å². The minimum Gasteiger partial charge on any atom is -0.478 e. The average Bonchev–Trinajstić information content (AvgIpc) is 2.78. The molecule has 1 saturated heterocycles. The number of rotatable bonds is 3. The van der Waals surface area contributed by atoms with Gasteiger partial charge in [-0.2, -0.15) is 0 Å². The lowest BCUT2D eigenvalue weighted by atomic mass is 9.99. The standard InChI is InChI=1S/C24H22N2O4/c1-16(27)25-10-12-26(13-11-25)23(28)22-9-8-20-14-19(6-7-21(20)15-22)17-2-4-18(5-3-17)24(29)30/h2-9,14-15H,10-13H2,1H3,(H,29,30). The summed E-state index contributed by atoms with van der Waals surface area (Å²) in [4.78, 5) is 38.9. The lowest BCUT2D eigenvalue weighted by Crippen LogP contribution is -2.50. The van der Waals surface area contributed by atoms with E-state index in [2.05, 4.69) is 0 Å². The first-order valence-corrected chi connectivity index (χ1v) is 9.85. The van der Waals surface area contributed by atoms with Crippen LogP contribution >= 0.6 is 0 Å². The fraction of sp³-hybridized carbons (Fsp3) is 0.208. The Labute approximate surface area is 174 Å². The van der Waals surface area contributed by atoms with Crippen LogP contribution in [0, 0.1) is 0 Å². The number of hydrogen-bond donors (Lipinski definition) is 1. The second-order valence-corrected chi connectivity index (χ2v) is 7.46. The number of carboxylic acid groups (broad SMARTS) is 1. The van der Waals surface area contributed by atoms with Gasteiger partial charge in [0.2, 0.25) is 5.91 Å². The summed E-state index contributed by atoms with van der Waals surface area (Å²) in [5.74, 6) is -0.922. The lowest BCUT2D eigenvalue weighted by molar-refractivity contribution is -0.130. The molecule has 0 aromatic heterocycles. The monoisotopic (exact) mass is 402 g/mol. The quantitative estimate of drug-likeness (QED) is 0.727. The molecule has 4 rings (SSSR count). The second-order valence-electron chi connectivity index (χ2n) is 7.46. The van der Waals surface area contributed by atoms with Gasteiger partial charge in [-0.1, -0.05) is 30.3 Å². The van der Waals surface area contributed by atoms with Crippen LogP contribution in [-0.2, 0) is 4.79 Å². The molecule has 0 spiro atoms. The zero-order chi connectivity index (χ0) is 21.3. The molecular weight excluding hydrogens is 380 g/mol. The van der Waals surface area contributed by atoms with E-state index in [-0.39, 0.29) is 17.4 Å². The molecule has 152 valence electrons. The third-order valence-corrected chi connectivity index (χ3v) is 5.56. The van der Waals surface area contributed by atoms with Gasteiger partial charge in [-0.15, -0.1) is 0 Å². The third-order valence-electron chi connectivity index (χ3n) is 5.56. The van der Waals surface area contributed by atoms with Crippen molar-refractivity contribution in [1.82, 2.24) is 9.80 Å². The predicted molar refractivity (Wildman–Crippen MR) is 115 cm³/mol. The van der Waals surface area contributed by atoms with Gasteiger partial charge in [0, 0.05) is 38.7 Å². The van der Waals surface area contributed by atoms with Crippen LogP contribution in [0.1, 0.15) is 27.6 Å². The molecule has 0 saturated carbocycles. The maximum atomic E-state index is 12.9. The van der Waals surface area contributed by atoms with Gasteiger partial charge < -0.3 is 14.9 Å². The number of carbonyl (C=O) groups excluding carboxylic acids is 2. The van der Waals surface area contributed by atoms with Crippen LogP contribution in [-0.4, -0.2) is 58.9 Å². The highest BCUT2D eigenvalue weighted by atomic mass is 16.4. The van der Waals surface area contributed by atoms with Gasteiger partial charge in [0.25, 0.3) is 5.91 Å². The second kappa shape index (κ2) is 7.99. The molecule has 2 amide bonds. The Morgan fingerprint density at radius 3 is 1.87 bits per heavy atom. The number of piperazine rings is 1. The first-order valence-electron chi connectivity index (χ1n) is 9.85. The Balaban J connectivity index is 1.54. The van der Waals surface area contributed by atoms with E-state index in [1.54, 1.807) is 41.0 Å². The average molecular weight is 402 g/mol. The SMILES string of the molecule is CC(=O)N1CCN(C(=O)c2ccc3cc(-c4ccc(C(=O)O)cc4)ccc3c2)CC1. The zero-order valence-corrected chi connectivity index (χ0v) is 16.7. The third kappa shape index (κ3) is 3.89. The molecular formula is C24H22N2O4. The summed E-state index contributed by atoms with van der Waals surface area (Å²) in [5.41, 5.74) is 2.81. The van der Waals surface area contributed by atoms with Crippen LogP contribution in [0.4, 0.5) is 0 Å². The largest absolute Gasteiger partial charge is 0.478 e. The minimum absolute atomic E-state index is 0.0200. The summed E-state index contributed by atoms with van der Waals surface area (Å²) in [7, 11) is 0. The number of aromatic carboxylic acids is 1. The number of fused-ring (bicyclic) bond motifs is 1. The fourth-order valence-corrected chi connectivity index (χ4v) is 3.77. The molecule has 1 aliphatic heterocycles. The predicted octanol–water partition coefficient (Wildman–Crippen LogP) is 3.51. The van der Waals surface area contributed by atoms with Crippen molar-refractivity contribution in [3.63, 3.8) is 0 Å². The molecule has 6 nitrogen and oxygen atoms in total. The van der Waals surface area contributed by atoms with Crippen LogP contribution in [0.25, 0.3) is 21.9 Å². The maximum absolute atomic E-state index is 12.9. The van der Waals surface area contributed by atoms with Crippen LogP contribution in [0.3, 0.4) is 0 Å². The van der Waals surface area contributed by atoms with E-state index in [0.29, 0.717) is 31.7 Å². The highest BCUT2D eigenvalue weighted by Crippen LogP contribution is 2.26. The molecule has 1 N–H and O–H groups in total. The van der Waals surface area contributed by atoms with Crippen molar-refractivity contribution >= 4 is 28.6 Å². The van der Waals surface area contributed by atoms with Crippen LogP contribution < -0.4 is 0 Å². The molecule has 6 heteroatoms. The van der Waals surface area contributed by atoms with Crippen LogP contribution in [0.2, 0.25) is 0 Å². The highest BCUT2D eigenvalue weighted by Gasteiger charge is 2.23. The van der Waals surface area contributed by atoms with Gasteiger partial charge in [0.05, 0.1) is 5.56 Å². The minimum atomic E-state index is -0.944. The number of nitrogens with zero attached hydrogens (tertiary/aromatic N) is 2. The van der Waals surface area contributed by atoms with Gasteiger partial charge in [-0.3, -0.25) is 9.59 Å². The number of carbonyl (C=O) groups is 3. The summed E-state index contributed by atoms with van der Waals surface area (Å²) in [6.07, 6.45) is 0. The smallest absolute Gasteiger partial charge is 0.335 e. The molecule has 0 unspecified atom stereocenters. The first kappa shape index (κ1) is 19.6. The Hall–Kier alpha value is -3.67. The van der Waals surface area contributed by atoms with Gasteiger partial charge in [-0.25, -0.2) is 4.79 Å².